The second-order valence-electron chi connectivity index (χ2n) is 5.70. The number of hydrogen-bond donors (Lipinski definition) is 1. The number of rotatable bonds is 2. The first-order valence-corrected chi connectivity index (χ1v) is 7.03. The fourth-order valence-corrected chi connectivity index (χ4v) is 2.67. The molecule has 1 aromatic rings. The largest absolute Gasteiger partial charge is 0.573 e. The number of hydrogen-bond acceptors (Lipinski definition) is 4. The van der Waals surface area contributed by atoms with E-state index in [4.69, 9.17) is 4.84 Å². The van der Waals surface area contributed by atoms with Crippen molar-refractivity contribution >= 4 is 17.6 Å². The summed E-state index contributed by atoms with van der Waals surface area (Å²) in [5.74, 6) is -0.514. The maximum absolute atomic E-state index is 12.1. The molecular formula is C14H14F3N3O4. The van der Waals surface area contributed by atoms with Crippen LogP contribution in [-0.2, 0) is 9.63 Å². The van der Waals surface area contributed by atoms with Gasteiger partial charge in [0, 0.05) is 12.7 Å². The van der Waals surface area contributed by atoms with Crippen LogP contribution in [0.25, 0.3) is 0 Å². The van der Waals surface area contributed by atoms with E-state index in [0.29, 0.717) is 5.69 Å². The molecule has 0 unspecified atom stereocenters. The summed E-state index contributed by atoms with van der Waals surface area (Å²) in [5, 5.41) is 3.72. The Morgan fingerprint density at radius 2 is 1.92 bits per heavy atom. The Morgan fingerprint density at radius 1 is 1.29 bits per heavy atom. The van der Waals surface area contributed by atoms with E-state index < -0.39 is 18.0 Å². The lowest BCUT2D eigenvalue weighted by Gasteiger charge is -2.45. The minimum Gasteiger partial charge on any atom is -0.406 e. The van der Waals surface area contributed by atoms with Crippen molar-refractivity contribution < 1.29 is 32.3 Å². The number of anilines is 1. The van der Waals surface area contributed by atoms with Gasteiger partial charge >= 0.3 is 12.4 Å². The van der Waals surface area contributed by atoms with Gasteiger partial charge in [0.25, 0.3) is 0 Å². The van der Waals surface area contributed by atoms with Crippen LogP contribution in [0.15, 0.2) is 24.3 Å². The van der Waals surface area contributed by atoms with Crippen LogP contribution < -0.4 is 10.1 Å². The van der Waals surface area contributed by atoms with E-state index in [9.17, 15) is 22.8 Å². The number of amides is 3. The van der Waals surface area contributed by atoms with E-state index in [-0.39, 0.29) is 31.2 Å². The smallest absolute Gasteiger partial charge is 0.406 e. The molecule has 0 atom stereocenters. The number of hydroxylamine groups is 2. The second-order valence-corrected chi connectivity index (χ2v) is 5.70. The van der Waals surface area contributed by atoms with Gasteiger partial charge in [0.15, 0.2) is 0 Å². The van der Waals surface area contributed by atoms with Gasteiger partial charge < -0.3 is 15.0 Å². The number of likely N-dealkylation sites (tertiary alicyclic amines) is 1. The van der Waals surface area contributed by atoms with Crippen molar-refractivity contribution in [3.8, 4) is 5.75 Å². The number of halogens is 3. The molecule has 2 fully saturated rings. The molecule has 2 aliphatic heterocycles. The fourth-order valence-electron chi connectivity index (χ4n) is 2.67. The van der Waals surface area contributed by atoms with Gasteiger partial charge in [-0.05, 0) is 24.3 Å². The highest BCUT2D eigenvalue weighted by Gasteiger charge is 2.54. The molecule has 10 heteroatoms. The first kappa shape index (κ1) is 16.4. The number of alkyl halides is 3. The van der Waals surface area contributed by atoms with E-state index >= 15 is 0 Å². The average Bonchev–Trinajstić information content (AvgIpc) is 2.74. The summed E-state index contributed by atoms with van der Waals surface area (Å²) in [6, 6.07) is 4.40. The Kier molecular flexibility index (Phi) is 3.78. The quantitative estimate of drug-likeness (QED) is 0.890. The summed E-state index contributed by atoms with van der Waals surface area (Å²) in [5.41, 5.74) is -0.330. The molecule has 1 spiro atoms. The van der Waals surface area contributed by atoms with E-state index in [1.54, 1.807) is 0 Å². The van der Waals surface area contributed by atoms with Crippen LogP contribution in [0.1, 0.15) is 6.42 Å². The molecule has 24 heavy (non-hydrogen) atoms. The molecule has 2 heterocycles. The molecular weight excluding hydrogens is 331 g/mol. The molecule has 0 aliphatic carbocycles. The van der Waals surface area contributed by atoms with Crippen LogP contribution >= 0.6 is 0 Å². The molecule has 130 valence electrons. The summed E-state index contributed by atoms with van der Waals surface area (Å²) >= 11 is 0. The Labute approximate surface area is 134 Å². The number of urea groups is 1. The van der Waals surface area contributed by atoms with Gasteiger partial charge in [-0.3, -0.25) is 9.63 Å². The van der Waals surface area contributed by atoms with Crippen molar-refractivity contribution in [3.05, 3.63) is 24.3 Å². The summed E-state index contributed by atoms with van der Waals surface area (Å²) in [7, 11) is 1.52. The Balaban J connectivity index is 1.52. The summed E-state index contributed by atoms with van der Waals surface area (Å²) < 4.78 is 40.0. The van der Waals surface area contributed by atoms with Crippen LogP contribution in [0.4, 0.5) is 23.7 Å². The van der Waals surface area contributed by atoms with Gasteiger partial charge in [0.1, 0.15) is 11.4 Å². The van der Waals surface area contributed by atoms with Crippen LogP contribution in [0.3, 0.4) is 0 Å². The summed E-state index contributed by atoms with van der Waals surface area (Å²) in [6.45, 7) is 0.536. The second kappa shape index (κ2) is 5.55. The lowest BCUT2D eigenvalue weighted by atomic mass is 9.91. The predicted octanol–water partition coefficient (Wildman–Crippen LogP) is 1.97. The van der Waals surface area contributed by atoms with Crippen LogP contribution in [-0.4, -0.2) is 54.0 Å². The first-order chi connectivity index (χ1) is 11.2. The highest BCUT2D eigenvalue weighted by atomic mass is 19.4. The predicted molar refractivity (Wildman–Crippen MR) is 74.9 cm³/mol. The SMILES string of the molecule is CN1OC2(CC1=O)CN(C(=O)Nc1ccc(OC(F)(F)F)cc1)C2. The molecule has 2 aliphatic rings. The zero-order valence-corrected chi connectivity index (χ0v) is 12.6. The Bertz CT molecular complexity index is 656. The molecule has 0 saturated carbocycles. The summed E-state index contributed by atoms with van der Waals surface area (Å²) in [6.07, 6.45) is -4.54. The number of ether oxygens (including phenoxy) is 1. The standard InChI is InChI=1S/C14H14F3N3O4/c1-19-11(21)6-13(24-19)7-20(8-13)12(22)18-9-2-4-10(5-3-9)23-14(15,16)17/h2-5H,6-8H2,1H3,(H,18,22). The van der Waals surface area contributed by atoms with Crippen molar-refractivity contribution in [3.63, 3.8) is 0 Å². The molecule has 0 bridgehead atoms. The van der Waals surface area contributed by atoms with Gasteiger partial charge in [-0.2, -0.15) is 0 Å². The van der Waals surface area contributed by atoms with Crippen molar-refractivity contribution in [1.82, 2.24) is 9.96 Å². The zero-order valence-electron chi connectivity index (χ0n) is 12.6. The molecule has 2 saturated heterocycles. The topological polar surface area (TPSA) is 71.1 Å². The summed E-state index contributed by atoms with van der Waals surface area (Å²) in [4.78, 5) is 30.4. The highest BCUT2D eigenvalue weighted by molar-refractivity contribution is 5.90. The van der Waals surface area contributed by atoms with Gasteiger partial charge in [0.05, 0.1) is 19.5 Å². The molecule has 3 amide bonds. The van der Waals surface area contributed by atoms with E-state index in [0.717, 1.165) is 17.2 Å². The van der Waals surface area contributed by atoms with Gasteiger partial charge in [-0.15, -0.1) is 13.2 Å². The molecule has 1 N–H and O–H groups in total. The van der Waals surface area contributed by atoms with Crippen LogP contribution in [0.2, 0.25) is 0 Å². The third kappa shape index (κ3) is 3.37. The number of nitrogens with zero attached hydrogens (tertiary/aromatic N) is 2. The molecule has 0 aromatic heterocycles. The van der Waals surface area contributed by atoms with Crippen molar-refractivity contribution in [2.45, 2.75) is 18.4 Å². The van der Waals surface area contributed by atoms with Crippen molar-refractivity contribution in [2.24, 2.45) is 0 Å². The minimum atomic E-state index is -4.76. The van der Waals surface area contributed by atoms with Gasteiger partial charge in [-0.1, -0.05) is 0 Å². The molecule has 0 radical (unpaired) electrons. The highest BCUT2D eigenvalue weighted by Crippen LogP contribution is 2.35. The molecule has 7 nitrogen and oxygen atoms in total. The van der Waals surface area contributed by atoms with Crippen molar-refractivity contribution in [2.75, 3.05) is 25.5 Å². The third-order valence-corrected chi connectivity index (χ3v) is 3.74. The first-order valence-electron chi connectivity index (χ1n) is 7.03. The van der Waals surface area contributed by atoms with E-state index in [2.05, 4.69) is 10.1 Å². The Morgan fingerprint density at radius 3 is 2.42 bits per heavy atom. The average molecular weight is 345 g/mol. The van der Waals surface area contributed by atoms with Crippen LogP contribution in [0.5, 0.6) is 5.75 Å². The molecule has 1 aromatic carbocycles. The lowest BCUT2D eigenvalue weighted by molar-refractivity contribution is -0.274. The number of benzene rings is 1. The van der Waals surface area contributed by atoms with Gasteiger partial charge in [-0.25, -0.2) is 9.86 Å². The van der Waals surface area contributed by atoms with E-state index in [1.165, 1.54) is 24.1 Å². The maximum Gasteiger partial charge on any atom is 0.573 e. The number of nitrogens with one attached hydrogen (secondary N) is 1. The van der Waals surface area contributed by atoms with Crippen molar-refractivity contribution in [1.29, 1.82) is 0 Å². The normalized spacial score (nSPS) is 19.4. The fraction of sp³-hybridized carbons (Fsp3) is 0.429. The zero-order chi connectivity index (χ0) is 17.5. The number of carbonyl (C=O) groups excluding carboxylic acids is 2. The number of carbonyl (C=O) groups is 2. The molecule has 3 rings (SSSR count). The maximum atomic E-state index is 12.1. The monoisotopic (exact) mass is 345 g/mol. The van der Waals surface area contributed by atoms with Gasteiger partial charge in [0.2, 0.25) is 5.91 Å². The Hall–Kier alpha value is -2.49. The third-order valence-electron chi connectivity index (χ3n) is 3.74. The van der Waals surface area contributed by atoms with E-state index in [1.807, 2.05) is 0 Å². The lowest BCUT2D eigenvalue weighted by Crippen LogP contribution is -2.64. The minimum absolute atomic E-state index is 0.143. The van der Waals surface area contributed by atoms with Crippen LogP contribution in [0, 0.1) is 0 Å².